The van der Waals surface area contributed by atoms with Crippen molar-refractivity contribution in [1.29, 1.82) is 0 Å². The van der Waals surface area contributed by atoms with E-state index in [1.165, 1.54) is 22.3 Å². The first kappa shape index (κ1) is 13.1. The van der Waals surface area contributed by atoms with Gasteiger partial charge in [-0.3, -0.25) is 4.79 Å². The van der Waals surface area contributed by atoms with E-state index in [9.17, 15) is 4.79 Å². The number of carbonyl (C=O) groups is 1. The molecule has 1 nitrogen and oxygen atoms in total. The number of Topliss-reactive ketones (excluding diaryl/α,β-unsaturated/α-hetero) is 1. The highest BCUT2D eigenvalue weighted by molar-refractivity contribution is 5.80. The molecule has 3 rings (SSSR count). The van der Waals surface area contributed by atoms with Gasteiger partial charge in [-0.25, -0.2) is 0 Å². The van der Waals surface area contributed by atoms with Crippen LogP contribution in [0.25, 0.3) is 0 Å². The molecule has 1 heteroatoms. The van der Waals surface area contributed by atoms with Gasteiger partial charge in [0.25, 0.3) is 0 Å². The summed E-state index contributed by atoms with van der Waals surface area (Å²) in [6, 6.07) is 17.0. The first-order valence-corrected chi connectivity index (χ1v) is 7.37. The summed E-state index contributed by atoms with van der Waals surface area (Å²) in [6.07, 6.45) is 3.32. The molecule has 0 radical (unpaired) electrons. The fourth-order valence-corrected chi connectivity index (χ4v) is 2.96. The van der Waals surface area contributed by atoms with Gasteiger partial charge in [0.1, 0.15) is 5.78 Å². The number of ketones is 1. The van der Waals surface area contributed by atoms with E-state index >= 15 is 0 Å². The minimum absolute atomic E-state index is 0.394. The third kappa shape index (κ3) is 2.82. The second-order valence-electron chi connectivity index (χ2n) is 5.83. The maximum absolute atomic E-state index is 12.1. The van der Waals surface area contributed by atoms with Crippen molar-refractivity contribution in [2.75, 3.05) is 0 Å². The van der Waals surface area contributed by atoms with Crippen molar-refractivity contribution < 1.29 is 4.79 Å². The molecule has 0 saturated heterocycles. The average Bonchev–Trinajstić information content (AvgIpc) is 2.44. The van der Waals surface area contributed by atoms with Gasteiger partial charge >= 0.3 is 0 Å². The Labute approximate surface area is 120 Å². The molecule has 20 heavy (non-hydrogen) atoms. The molecule has 1 aliphatic rings. The van der Waals surface area contributed by atoms with E-state index in [-0.39, 0.29) is 0 Å². The van der Waals surface area contributed by atoms with Crippen LogP contribution in [0, 0.1) is 6.92 Å². The van der Waals surface area contributed by atoms with Crippen molar-refractivity contribution in [1.82, 2.24) is 0 Å². The summed E-state index contributed by atoms with van der Waals surface area (Å²) in [7, 11) is 0. The monoisotopic (exact) mass is 264 g/mol. The predicted octanol–water partition coefficient (Wildman–Crippen LogP) is 4.23. The van der Waals surface area contributed by atoms with Crippen molar-refractivity contribution in [3.8, 4) is 0 Å². The Morgan fingerprint density at radius 1 is 1.10 bits per heavy atom. The highest BCUT2D eigenvalue weighted by Crippen LogP contribution is 2.37. The van der Waals surface area contributed by atoms with Crippen molar-refractivity contribution in [2.45, 2.75) is 38.5 Å². The van der Waals surface area contributed by atoms with E-state index in [4.69, 9.17) is 0 Å². The molecule has 0 saturated carbocycles. The fourth-order valence-electron chi connectivity index (χ4n) is 2.96. The second-order valence-corrected chi connectivity index (χ2v) is 5.83. The predicted molar refractivity (Wildman–Crippen MR) is 82.0 cm³/mol. The minimum Gasteiger partial charge on any atom is -0.300 e. The minimum atomic E-state index is 0.394. The molecule has 1 atom stereocenters. The third-order valence-corrected chi connectivity index (χ3v) is 4.25. The van der Waals surface area contributed by atoms with Crippen molar-refractivity contribution in [3.63, 3.8) is 0 Å². The van der Waals surface area contributed by atoms with Crippen LogP contribution < -0.4 is 0 Å². The lowest BCUT2D eigenvalue weighted by atomic mass is 9.75. The lowest BCUT2D eigenvalue weighted by Crippen LogP contribution is -2.20. The summed E-state index contributed by atoms with van der Waals surface area (Å²) in [6.45, 7) is 2.09. The normalized spacial score (nSPS) is 16.4. The number of hydrogen-bond donors (Lipinski definition) is 0. The molecule has 0 amide bonds. The zero-order valence-electron chi connectivity index (χ0n) is 11.9. The van der Waals surface area contributed by atoms with Gasteiger partial charge in [-0.05, 0) is 42.4 Å². The van der Waals surface area contributed by atoms with Gasteiger partial charge < -0.3 is 0 Å². The molecule has 2 aromatic carbocycles. The maximum Gasteiger partial charge on any atom is 0.133 e. The van der Waals surface area contributed by atoms with Gasteiger partial charge in [0.2, 0.25) is 0 Å². The van der Waals surface area contributed by atoms with Crippen LogP contribution in [0.4, 0.5) is 0 Å². The van der Waals surface area contributed by atoms with Gasteiger partial charge in [-0.15, -0.1) is 0 Å². The Balaban J connectivity index is 1.50. The molecule has 102 valence electrons. The highest BCUT2D eigenvalue weighted by Gasteiger charge is 2.26. The number of aryl methyl sites for hydroxylation is 2. The lowest BCUT2D eigenvalue weighted by Gasteiger charge is -2.29. The standard InChI is InChI=1S/C19H20O/c1-14-6-8-15(9-7-14)10-11-18(20)13-17-12-16-4-2-3-5-19(16)17/h2-9,17H,10-13H2,1H3. The first-order chi connectivity index (χ1) is 9.72. The largest absolute Gasteiger partial charge is 0.300 e. The topological polar surface area (TPSA) is 17.1 Å². The zero-order valence-corrected chi connectivity index (χ0v) is 11.9. The summed E-state index contributed by atoms with van der Waals surface area (Å²) < 4.78 is 0. The van der Waals surface area contributed by atoms with Crippen molar-refractivity contribution in [2.24, 2.45) is 0 Å². The summed E-state index contributed by atoms with van der Waals surface area (Å²) in [5.41, 5.74) is 5.34. The second kappa shape index (κ2) is 5.62. The van der Waals surface area contributed by atoms with E-state index in [1.807, 2.05) is 0 Å². The van der Waals surface area contributed by atoms with Crippen LogP contribution in [-0.2, 0) is 17.6 Å². The number of hydrogen-bond acceptors (Lipinski definition) is 1. The van der Waals surface area contributed by atoms with Crippen molar-refractivity contribution in [3.05, 3.63) is 70.8 Å². The Hall–Kier alpha value is -1.89. The zero-order chi connectivity index (χ0) is 13.9. The number of benzene rings is 2. The van der Waals surface area contributed by atoms with Gasteiger partial charge in [-0.2, -0.15) is 0 Å². The Morgan fingerprint density at radius 3 is 2.60 bits per heavy atom. The lowest BCUT2D eigenvalue weighted by molar-refractivity contribution is -0.119. The molecule has 2 aromatic rings. The van der Waals surface area contributed by atoms with Crippen LogP contribution in [-0.4, -0.2) is 5.78 Å². The maximum atomic E-state index is 12.1. The molecule has 0 aromatic heterocycles. The van der Waals surface area contributed by atoms with Crippen molar-refractivity contribution >= 4 is 5.78 Å². The van der Waals surface area contributed by atoms with Crippen LogP contribution in [0.3, 0.4) is 0 Å². The van der Waals surface area contributed by atoms with Gasteiger partial charge in [0.05, 0.1) is 0 Å². The van der Waals surface area contributed by atoms with E-state index in [1.54, 1.807) is 0 Å². The average molecular weight is 264 g/mol. The van der Waals surface area contributed by atoms with E-state index in [0.717, 1.165) is 12.8 Å². The van der Waals surface area contributed by atoms with Crippen LogP contribution in [0.2, 0.25) is 0 Å². The highest BCUT2D eigenvalue weighted by atomic mass is 16.1. The van der Waals surface area contributed by atoms with Crippen LogP contribution in [0.5, 0.6) is 0 Å². The van der Waals surface area contributed by atoms with Gasteiger partial charge in [0.15, 0.2) is 0 Å². The summed E-state index contributed by atoms with van der Waals surface area (Å²) in [4.78, 5) is 12.1. The first-order valence-electron chi connectivity index (χ1n) is 7.37. The summed E-state index contributed by atoms with van der Waals surface area (Å²) >= 11 is 0. The van der Waals surface area contributed by atoms with E-state index in [2.05, 4.69) is 55.5 Å². The van der Waals surface area contributed by atoms with Crippen LogP contribution in [0.1, 0.15) is 41.0 Å². The SMILES string of the molecule is Cc1ccc(CCC(=O)CC2Cc3ccccc32)cc1. The molecule has 0 N–H and O–H groups in total. The number of carbonyl (C=O) groups excluding carboxylic acids is 1. The molecule has 0 spiro atoms. The third-order valence-electron chi connectivity index (χ3n) is 4.25. The molecular weight excluding hydrogens is 244 g/mol. The summed E-state index contributed by atoms with van der Waals surface area (Å²) in [5.74, 6) is 0.863. The molecule has 0 aliphatic heterocycles. The van der Waals surface area contributed by atoms with E-state index < -0.39 is 0 Å². The quantitative estimate of drug-likeness (QED) is 0.790. The molecular formula is C19H20O. The Bertz CT molecular complexity index is 610. The molecule has 1 aliphatic carbocycles. The fraction of sp³-hybridized carbons (Fsp3) is 0.316. The van der Waals surface area contributed by atoms with Crippen LogP contribution in [0.15, 0.2) is 48.5 Å². The molecule has 1 unspecified atom stereocenters. The molecule has 0 fully saturated rings. The molecule has 0 heterocycles. The number of fused-ring (bicyclic) bond motifs is 1. The smallest absolute Gasteiger partial charge is 0.133 e. The Morgan fingerprint density at radius 2 is 1.85 bits per heavy atom. The number of rotatable bonds is 5. The van der Waals surface area contributed by atoms with Gasteiger partial charge in [-0.1, -0.05) is 54.1 Å². The Kier molecular flexibility index (Phi) is 3.68. The summed E-state index contributed by atoms with van der Waals surface area (Å²) in [5, 5.41) is 0. The van der Waals surface area contributed by atoms with Gasteiger partial charge in [0, 0.05) is 12.8 Å². The van der Waals surface area contributed by atoms with E-state index in [0.29, 0.717) is 24.5 Å². The molecule has 0 bridgehead atoms. The van der Waals surface area contributed by atoms with Crippen LogP contribution >= 0.6 is 0 Å².